The van der Waals surface area contributed by atoms with Gasteiger partial charge in [-0.05, 0) is 80.1 Å². The van der Waals surface area contributed by atoms with Crippen molar-refractivity contribution in [2.45, 2.75) is 264 Å². The van der Waals surface area contributed by atoms with E-state index in [1.165, 1.54) is 77.0 Å². The first-order valence-electron chi connectivity index (χ1n) is 21.7. The van der Waals surface area contributed by atoms with Crippen LogP contribution in [0.3, 0.4) is 0 Å². The first-order valence-corrected chi connectivity index (χ1v) is 30.4. The first-order chi connectivity index (χ1) is 23.8. The van der Waals surface area contributed by atoms with Crippen molar-refractivity contribution in [3.8, 4) is 0 Å². The molecule has 0 bridgehead atoms. The Bertz CT molecular complexity index is 1020. The van der Waals surface area contributed by atoms with Gasteiger partial charge < -0.3 is 18.0 Å². The van der Waals surface area contributed by atoms with E-state index in [9.17, 15) is 4.79 Å². The van der Waals surface area contributed by atoms with Gasteiger partial charge in [0.25, 0.3) is 0 Å². The van der Waals surface area contributed by atoms with Gasteiger partial charge in [-0.2, -0.15) is 0 Å². The SMILES string of the molecule is CCCCCCCCCCCCCC[C@H](CC[C@@H](C[C@@H](C[C@@H]1CC=CC(=O)O1)O[Si](C)(C)C(C)(C)C)O[Si](C)(C)C(C)(C)C)O[Si](C)(C)C(C)(C)C. The Morgan fingerprint density at radius 2 is 0.981 bits per heavy atom. The number of hydrogen-bond acceptors (Lipinski definition) is 5. The summed E-state index contributed by atoms with van der Waals surface area (Å²) in [6.45, 7) is 37.6. The lowest BCUT2D eigenvalue weighted by molar-refractivity contribution is -0.145. The molecule has 0 fully saturated rings. The summed E-state index contributed by atoms with van der Waals surface area (Å²) in [6.07, 6.45) is 25.5. The van der Waals surface area contributed by atoms with Crippen LogP contribution in [0, 0.1) is 0 Å². The standard InChI is InChI=1S/C44H90O5Si3/c1-17-18-19-20-21-22-23-24-25-26-27-28-30-37(47-50(11,12)42(2,3)4)33-34-39(48-51(13,14)43(5,6)7)36-40(49-52(15,16)44(8,9)10)35-38-31-29-32-41(45)46-38/h29,32,37-40H,17-28,30-31,33-36H2,1-16H3/t37-,38+,39+,40-/m1/s1. The van der Waals surface area contributed by atoms with E-state index >= 15 is 0 Å². The second kappa shape index (κ2) is 22.5. The molecule has 0 radical (unpaired) electrons. The summed E-state index contributed by atoms with van der Waals surface area (Å²) in [7, 11) is -6.12. The zero-order chi connectivity index (χ0) is 39.9. The van der Waals surface area contributed by atoms with E-state index in [1.807, 2.05) is 6.08 Å². The van der Waals surface area contributed by atoms with E-state index in [4.69, 9.17) is 18.0 Å². The van der Waals surface area contributed by atoms with Crippen molar-refractivity contribution in [1.82, 2.24) is 0 Å². The molecule has 52 heavy (non-hydrogen) atoms. The summed E-state index contributed by atoms with van der Waals surface area (Å²) >= 11 is 0. The topological polar surface area (TPSA) is 54.0 Å². The molecule has 0 saturated heterocycles. The maximum atomic E-state index is 12.2. The lowest BCUT2D eigenvalue weighted by Crippen LogP contribution is -2.48. The van der Waals surface area contributed by atoms with Gasteiger partial charge in [0.2, 0.25) is 0 Å². The number of unbranched alkanes of at least 4 members (excludes halogenated alkanes) is 11. The Labute approximate surface area is 328 Å². The normalized spacial score (nSPS) is 18.4. The maximum Gasteiger partial charge on any atom is 0.330 e. The largest absolute Gasteiger partial charge is 0.459 e. The highest BCUT2D eigenvalue weighted by Gasteiger charge is 2.43. The van der Waals surface area contributed by atoms with Crippen LogP contribution in [0.5, 0.6) is 0 Å². The van der Waals surface area contributed by atoms with E-state index in [-0.39, 0.29) is 45.5 Å². The lowest BCUT2D eigenvalue weighted by atomic mass is 9.98. The Balaban J connectivity index is 3.13. The Kier molecular flexibility index (Phi) is 21.5. The molecule has 1 aliphatic heterocycles. The molecule has 308 valence electrons. The predicted molar refractivity (Wildman–Crippen MR) is 234 cm³/mol. The van der Waals surface area contributed by atoms with Gasteiger partial charge in [-0.25, -0.2) is 4.79 Å². The predicted octanol–water partition coefficient (Wildman–Crippen LogP) is 14.7. The maximum absolute atomic E-state index is 12.2. The van der Waals surface area contributed by atoms with Crippen LogP contribution in [-0.2, 0) is 22.8 Å². The zero-order valence-corrected chi connectivity index (χ0v) is 40.7. The van der Waals surface area contributed by atoms with Gasteiger partial charge >= 0.3 is 5.97 Å². The number of carbonyl (C=O) groups is 1. The molecule has 4 atom stereocenters. The lowest BCUT2D eigenvalue weighted by Gasteiger charge is -2.43. The van der Waals surface area contributed by atoms with Gasteiger partial charge in [-0.15, -0.1) is 0 Å². The quantitative estimate of drug-likeness (QED) is 0.0497. The van der Waals surface area contributed by atoms with Crippen LogP contribution in [0.1, 0.15) is 185 Å². The van der Waals surface area contributed by atoms with E-state index in [2.05, 4.69) is 109 Å². The second-order valence-electron chi connectivity index (χ2n) is 20.9. The third-order valence-corrected chi connectivity index (χ3v) is 26.6. The van der Waals surface area contributed by atoms with E-state index in [0.29, 0.717) is 6.42 Å². The molecule has 0 aromatic heterocycles. The minimum atomic E-state index is -2.09. The second-order valence-corrected chi connectivity index (χ2v) is 35.2. The van der Waals surface area contributed by atoms with Crippen molar-refractivity contribution in [2.24, 2.45) is 0 Å². The zero-order valence-electron chi connectivity index (χ0n) is 37.7. The van der Waals surface area contributed by atoms with Crippen molar-refractivity contribution in [2.75, 3.05) is 0 Å². The number of carbonyl (C=O) groups excluding carboxylic acids is 1. The van der Waals surface area contributed by atoms with Crippen LogP contribution < -0.4 is 0 Å². The molecule has 0 aromatic carbocycles. The number of cyclic esters (lactones) is 1. The first kappa shape index (κ1) is 49.8. The fraction of sp³-hybridized carbons (Fsp3) is 0.932. The number of ether oxygens (including phenoxy) is 1. The van der Waals surface area contributed by atoms with Crippen molar-refractivity contribution in [3.63, 3.8) is 0 Å². The molecule has 0 aromatic rings. The van der Waals surface area contributed by atoms with E-state index in [0.717, 1.165) is 32.1 Å². The molecular weight excluding hydrogens is 693 g/mol. The Morgan fingerprint density at radius 3 is 1.40 bits per heavy atom. The van der Waals surface area contributed by atoms with Crippen molar-refractivity contribution >= 4 is 30.9 Å². The average Bonchev–Trinajstić information content (AvgIpc) is 2.98. The minimum absolute atomic E-state index is 0.0314. The summed E-state index contributed by atoms with van der Waals surface area (Å²) in [6, 6.07) is 0. The monoisotopic (exact) mass is 783 g/mol. The van der Waals surface area contributed by atoms with Crippen molar-refractivity contribution in [1.29, 1.82) is 0 Å². The molecule has 0 unspecified atom stereocenters. The van der Waals surface area contributed by atoms with Gasteiger partial charge in [0, 0.05) is 31.1 Å². The van der Waals surface area contributed by atoms with E-state index < -0.39 is 25.0 Å². The van der Waals surface area contributed by atoms with Gasteiger partial charge in [-0.3, -0.25) is 0 Å². The Hall–Kier alpha value is -0.259. The highest BCUT2D eigenvalue weighted by Crippen LogP contribution is 2.42. The fourth-order valence-corrected chi connectivity index (χ4v) is 10.5. The minimum Gasteiger partial charge on any atom is -0.459 e. The average molecular weight is 783 g/mol. The number of rotatable bonds is 26. The molecule has 8 heteroatoms. The summed E-state index contributed by atoms with van der Waals surface area (Å²) in [5, 5.41) is 0.365. The molecule has 0 spiro atoms. The Morgan fingerprint density at radius 1 is 0.596 bits per heavy atom. The smallest absolute Gasteiger partial charge is 0.330 e. The molecule has 5 nitrogen and oxygen atoms in total. The van der Waals surface area contributed by atoms with Crippen LogP contribution in [0.25, 0.3) is 0 Å². The summed E-state index contributed by atoms with van der Waals surface area (Å²) in [5.74, 6) is -0.236. The number of esters is 1. The number of hydrogen-bond donors (Lipinski definition) is 0. The van der Waals surface area contributed by atoms with E-state index in [1.54, 1.807) is 6.08 Å². The molecule has 0 aliphatic carbocycles. The molecular formula is C44H90O5Si3. The van der Waals surface area contributed by atoms with Crippen LogP contribution >= 0.6 is 0 Å². The summed E-state index contributed by atoms with van der Waals surface area (Å²) in [4.78, 5) is 12.2. The van der Waals surface area contributed by atoms with Crippen molar-refractivity contribution in [3.05, 3.63) is 12.2 Å². The van der Waals surface area contributed by atoms with Gasteiger partial charge in [0.15, 0.2) is 25.0 Å². The molecule has 1 heterocycles. The van der Waals surface area contributed by atoms with Crippen LogP contribution in [-0.4, -0.2) is 55.3 Å². The molecule has 0 amide bonds. The molecule has 0 N–H and O–H groups in total. The van der Waals surface area contributed by atoms with Crippen LogP contribution in [0.4, 0.5) is 0 Å². The van der Waals surface area contributed by atoms with Gasteiger partial charge in [0.1, 0.15) is 6.10 Å². The fourth-order valence-electron chi connectivity index (χ4n) is 6.34. The van der Waals surface area contributed by atoms with Crippen LogP contribution in [0.15, 0.2) is 12.2 Å². The van der Waals surface area contributed by atoms with Crippen LogP contribution in [0.2, 0.25) is 54.4 Å². The summed E-state index contributed by atoms with van der Waals surface area (Å²) < 4.78 is 27.5. The third kappa shape index (κ3) is 19.1. The molecule has 1 rings (SSSR count). The highest BCUT2D eigenvalue weighted by molar-refractivity contribution is 6.75. The highest BCUT2D eigenvalue weighted by atomic mass is 28.4. The summed E-state index contributed by atoms with van der Waals surface area (Å²) in [5.41, 5.74) is 0. The van der Waals surface area contributed by atoms with Gasteiger partial charge in [-0.1, -0.05) is 152 Å². The third-order valence-electron chi connectivity index (χ3n) is 13.0. The van der Waals surface area contributed by atoms with Gasteiger partial charge in [0.05, 0.1) is 6.10 Å². The van der Waals surface area contributed by atoms with Crippen molar-refractivity contribution < 1.29 is 22.8 Å². The molecule has 1 aliphatic rings. The molecule has 0 saturated carbocycles.